The van der Waals surface area contributed by atoms with Crippen molar-refractivity contribution < 1.29 is 18.0 Å². The van der Waals surface area contributed by atoms with E-state index in [0.717, 1.165) is 0 Å². The number of hydrogen-bond donors (Lipinski definition) is 6. The van der Waals surface area contributed by atoms with Gasteiger partial charge >= 0.3 is 0 Å². The summed E-state index contributed by atoms with van der Waals surface area (Å²) < 4.78 is 29.2. The molecular formula is C24H35N7O4S. The van der Waals surface area contributed by atoms with Crippen LogP contribution in [0.25, 0.3) is 0 Å². The van der Waals surface area contributed by atoms with Crippen molar-refractivity contribution in [3.05, 3.63) is 59.7 Å². The molecule has 12 heteroatoms. The molecule has 0 saturated carbocycles. The zero-order valence-corrected chi connectivity index (χ0v) is 20.9. The second kappa shape index (κ2) is 12.4. The lowest BCUT2D eigenvalue weighted by Crippen LogP contribution is -2.52. The Kier molecular flexibility index (Phi) is 9.54. The van der Waals surface area contributed by atoms with Crippen LogP contribution in [-0.2, 0) is 26.0 Å². The van der Waals surface area contributed by atoms with Crippen LogP contribution in [0.3, 0.4) is 0 Å². The van der Waals surface area contributed by atoms with E-state index in [0.29, 0.717) is 42.7 Å². The molecule has 1 aliphatic heterocycles. The monoisotopic (exact) mass is 517 g/mol. The molecular weight excluding hydrogens is 482 g/mol. The Balaban J connectivity index is 1.86. The molecule has 0 radical (unpaired) electrons. The van der Waals surface area contributed by atoms with Crippen molar-refractivity contribution in [3.8, 4) is 0 Å². The number of nitrogens with two attached hydrogens (primary N) is 4. The van der Waals surface area contributed by atoms with Gasteiger partial charge in [0.25, 0.3) is 0 Å². The lowest BCUT2D eigenvalue weighted by molar-refractivity contribution is -0.134. The van der Waals surface area contributed by atoms with Gasteiger partial charge in [-0.3, -0.25) is 9.59 Å². The molecule has 1 fully saturated rings. The minimum atomic E-state index is -4.12. The number of likely N-dealkylation sites (tertiary alicyclic amines) is 1. The first-order valence-electron chi connectivity index (χ1n) is 11.9. The summed E-state index contributed by atoms with van der Waals surface area (Å²) in [6.07, 6.45) is 0.808. The third-order valence-electron chi connectivity index (χ3n) is 6.02. The Labute approximate surface area is 211 Å². The lowest BCUT2D eigenvalue weighted by atomic mass is 10.0. The van der Waals surface area contributed by atoms with E-state index in [2.05, 4.69) is 10.0 Å². The van der Waals surface area contributed by atoms with E-state index in [-0.39, 0.29) is 42.1 Å². The average Bonchev–Trinajstić information content (AvgIpc) is 2.84. The first kappa shape index (κ1) is 27.7. The van der Waals surface area contributed by atoms with E-state index in [1.165, 1.54) is 18.2 Å². The molecule has 0 aliphatic carbocycles. The number of nitrogens with zero attached hydrogens (tertiary/aromatic N) is 1. The van der Waals surface area contributed by atoms with E-state index in [1.807, 2.05) is 0 Å². The normalized spacial score (nSPS) is 15.6. The van der Waals surface area contributed by atoms with Crippen LogP contribution in [0.2, 0.25) is 0 Å². The average molecular weight is 518 g/mol. The van der Waals surface area contributed by atoms with Gasteiger partial charge in [-0.1, -0.05) is 30.3 Å². The highest BCUT2D eigenvalue weighted by Crippen LogP contribution is 2.19. The quantitative estimate of drug-likeness (QED) is 0.231. The molecule has 1 aliphatic rings. The molecule has 0 bridgehead atoms. The van der Waals surface area contributed by atoms with Crippen molar-refractivity contribution in [2.45, 2.75) is 48.8 Å². The fourth-order valence-corrected chi connectivity index (χ4v) is 5.27. The first-order chi connectivity index (χ1) is 17.1. The molecule has 36 heavy (non-hydrogen) atoms. The summed E-state index contributed by atoms with van der Waals surface area (Å²) in [4.78, 5) is 26.9. The van der Waals surface area contributed by atoms with E-state index in [1.54, 1.807) is 35.2 Å². The zero-order valence-electron chi connectivity index (χ0n) is 20.1. The van der Waals surface area contributed by atoms with Crippen LogP contribution in [0.1, 0.15) is 36.6 Å². The number of anilines is 1. The van der Waals surface area contributed by atoms with Crippen LogP contribution in [0.15, 0.2) is 53.4 Å². The van der Waals surface area contributed by atoms with Gasteiger partial charge in [0.05, 0.1) is 11.1 Å². The molecule has 2 aromatic carbocycles. The Hall–Kier alpha value is -2.87. The molecule has 0 aromatic heterocycles. The summed E-state index contributed by atoms with van der Waals surface area (Å²) in [7, 11) is -4.12. The maximum absolute atomic E-state index is 13.5. The summed E-state index contributed by atoms with van der Waals surface area (Å²) in [6.45, 7) is 1.08. The minimum absolute atomic E-state index is 0.0177. The summed E-state index contributed by atoms with van der Waals surface area (Å²) in [5.74, 6) is -0.658. The van der Waals surface area contributed by atoms with E-state index in [4.69, 9.17) is 22.9 Å². The zero-order chi connectivity index (χ0) is 26.3. The van der Waals surface area contributed by atoms with Gasteiger partial charge in [0.2, 0.25) is 21.8 Å². The molecule has 1 saturated heterocycles. The number of piperidine rings is 1. The summed E-state index contributed by atoms with van der Waals surface area (Å²) in [5, 5.41) is 2.62. The number of nitrogens with one attached hydrogen (secondary N) is 2. The molecule has 0 spiro atoms. The SMILES string of the molecule is NCCC(=O)Nc1cccc(S(=O)(=O)N[C@H](Cc2cccc(C(N)N)c2)C(=O)N2CCC(N)CC2)c1. The van der Waals surface area contributed by atoms with E-state index < -0.39 is 22.2 Å². The molecule has 3 rings (SSSR count). The van der Waals surface area contributed by atoms with Crippen molar-refractivity contribution in [1.82, 2.24) is 9.62 Å². The molecule has 11 nitrogen and oxygen atoms in total. The molecule has 10 N–H and O–H groups in total. The maximum Gasteiger partial charge on any atom is 0.241 e. The number of carbonyl (C=O) groups excluding carboxylic acids is 2. The number of benzene rings is 2. The number of carbonyl (C=O) groups is 2. The number of rotatable bonds is 10. The van der Waals surface area contributed by atoms with E-state index in [9.17, 15) is 18.0 Å². The van der Waals surface area contributed by atoms with Gasteiger partial charge in [0, 0.05) is 37.8 Å². The second-order valence-electron chi connectivity index (χ2n) is 8.93. The van der Waals surface area contributed by atoms with Gasteiger partial charge in [-0.15, -0.1) is 0 Å². The third kappa shape index (κ3) is 7.56. The Bertz CT molecular complexity index is 1160. The fraction of sp³-hybridized carbons (Fsp3) is 0.417. The van der Waals surface area contributed by atoms with Crippen molar-refractivity contribution in [2.75, 3.05) is 25.0 Å². The summed E-state index contributed by atoms with van der Waals surface area (Å²) in [6, 6.07) is 11.9. The fourth-order valence-electron chi connectivity index (χ4n) is 4.03. The van der Waals surface area contributed by atoms with E-state index >= 15 is 0 Å². The number of amides is 2. The van der Waals surface area contributed by atoms with Crippen LogP contribution in [-0.4, -0.2) is 56.9 Å². The molecule has 1 heterocycles. The van der Waals surface area contributed by atoms with Gasteiger partial charge in [0.15, 0.2) is 0 Å². The van der Waals surface area contributed by atoms with Crippen LogP contribution < -0.4 is 33.0 Å². The first-order valence-corrected chi connectivity index (χ1v) is 13.3. The predicted octanol–water partition coefficient (Wildman–Crippen LogP) is -0.271. The van der Waals surface area contributed by atoms with Crippen LogP contribution in [0, 0.1) is 0 Å². The van der Waals surface area contributed by atoms with Gasteiger partial charge in [-0.05, 0) is 48.6 Å². The van der Waals surface area contributed by atoms with Crippen molar-refractivity contribution in [3.63, 3.8) is 0 Å². The number of hydrogen-bond acceptors (Lipinski definition) is 8. The Morgan fingerprint density at radius 2 is 1.75 bits per heavy atom. The van der Waals surface area contributed by atoms with Crippen molar-refractivity contribution >= 4 is 27.5 Å². The minimum Gasteiger partial charge on any atom is -0.341 e. The number of sulfonamides is 1. The van der Waals surface area contributed by atoms with Gasteiger partial charge in [-0.2, -0.15) is 4.72 Å². The second-order valence-corrected chi connectivity index (χ2v) is 10.6. The molecule has 2 amide bonds. The predicted molar refractivity (Wildman–Crippen MR) is 138 cm³/mol. The Morgan fingerprint density at radius 3 is 2.42 bits per heavy atom. The van der Waals surface area contributed by atoms with Crippen LogP contribution >= 0.6 is 0 Å². The maximum atomic E-state index is 13.5. The third-order valence-corrected chi connectivity index (χ3v) is 7.49. The molecule has 0 unspecified atom stereocenters. The van der Waals surface area contributed by atoms with Gasteiger partial charge < -0.3 is 33.2 Å². The topological polar surface area (TPSA) is 200 Å². The highest BCUT2D eigenvalue weighted by atomic mass is 32.2. The molecule has 196 valence electrons. The summed E-state index contributed by atoms with van der Waals surface area (Å²) in [5.41, 5.74) is 24.7. The molecule has 1 atom stereocenters. The highest BCUT2D eigenvalue weighted by Gasteiger charge is 2.31. The standard InChI is InChI=1S/C24H35N7O4S/c25-10-7-22(32)29-19-5-2-6-20(15-19)36(34,35)30-21(24(33)31-11-8-18(26)9-12-31)14-16-3-1-4-17(13-16)23(27)28/h1-6,13,15,18,21,23,30H,7-12,14,25-28H2,(H,29,32)/t21-/m1/s1. The summed E-state index contributed by atoms with van der Waals surface area (Å²) >= 11 is 0. The van der Waals surface area contributed by atoms with Gasteiger partial charge in [0.1, 0.15) is 6.04 Å². The Morgan fingerprint density at radius 1 is 1.06 bits per heavy atom. The smallest absolute Gasteiger partial charge is 0.241 e. The molecule has 2 aromatic rings. The van der Waals surface area contributed by atoms with Crippen molar-refractivity contribution in [2.24, 2.45) is 22.9 Å². The highest BCUT2D eigenvalue weighted by molar-refractivity contribution is 7.89. The lowest BCUT2D eigenvalue weighted by Gasteiger charge is -2.33. The van der Waals surface area contributed by atoms with Crippen molar-refractivity contribution in [1.29, 1.82) is 0 Å². The van der Waals surface area contributed by atoms with Crippen LogP contribution in [0.5, 0.6) is 0 Å². The van der Waals surface area contributed by atoms with Crippen LogP contribution in [0.4, 0.5) is 5.69 Å². The van der Waals surface area contributed by atoms with Gasteiger partial charge in [-0.25, -0.2) is 8.42 Å². The largest absolute Gasteiger partial charge is 0.341 e.